The summed E-state index contributed by atoms with van der Waals surface area (Å²) in [5.41, 5.74) is 0.285. The normalized spacial score (nSPS) is 11.2. The number of benzene rings is 1. The van der Waals surface area contributed by atoms with Crippen LogP contribution in [0.3, 0.4) is 0 Å². The van der Waals surface area contributed by atoms with Gasteiger partial charge in [0.15, 0.2) is 0 Å². The maximum Gasteiger partial charge on any atom is 0.265 e. The first-order valence-electron chi connectivity index (χ1n) is 5.40. The van der Waals surface area contributed by atoms with Crippen LogP contribution >= 0.6 is 27.5 Å². The summed E-state index contributed by atoms with van der Waals surface area (Å²) in [6, 6.07) is 4.84. The Kier molecular flexibility index (Phi) is 4.46. The van der Waals surface area contributed by atoms with Gasteiger partial charge in [-0.15, -0.1) is 0 Å². The smallest absolute Gasteiger partial charge is 0.265 e. The van der Waals surface area contributed by atoms with Crippen LogP contribution in [0.25, 0.3) is 0 Å². The largest absolute Gasteiger partial charge is 0.357 e. The monoisotopic (exact) mass is 376 g/mol. The first kappa shape index (κ1) is 15.0. The molecule has 1 aromatic carbocycles. The summed E-state index contributed by atoms with van der Waals surface area (Å²) < 4.78 is 27.5. The molecule has 0 amide bonds. The summed E-state index contributed by atoms with van der Waals surface area (Å²) in [7, 11) is -2.13. The van der Waals surface area contributed by atoms with Crippen molar-refractivity contribution in [3.63, 3.8) is 0 Å². The van der Waals surface area contributed by atoms with E-state index >= 15 is 0 Å². The molecule has 0 unspecified atom stereocenters. The van der Waals surface area contributed by atoms with Crippen molar-refractivity contribution in [3.8, 4) is 0 Å². The molecule has 2 rings (SSSR count). The van der Waals surface area contributed by atoms with Crippen LogP contribution in [-0.4, -0.2) is 25.4 Å². The molecule has 2 N–H and O–H groups in total. The Bertz CT molecular complexity index is 722. The maximum atomic E-state index is 12.2. The third-order valence-corrected chi connectivity index (χ3v) is 4.46. The predicted molar refractivity (Wildman–Crippen MR) is 81.5 cm³/mol. The number of nitrogens with zero attached hydrogens (tertiary/aromatic N) is 2. The Morgan fingerprint density at radius 3 is 2.45 bits per heavy atom. The highest BCUT2D eigenvalue weighted by molar-refractivity contribution is 9.10. The van der Waals surface area contributed by atoms with Gasteiger partial charge in [-0.2, -0.15) is 0 Å². The van der Waals surface area contributed by atoms with E-state index in [0.717, 1.165) is 4.47 Å². The van der Waals surface area contributed by atoms with E-state index in [0.29, 0.717) is 5.95 Å². The summed E-state index contributed by atoms with van der Waals surface area (Å²) in [5, 5.41) is 2.99. The van der Waals surface area contributed by atoms with Gasteiger partial charge in [0.1, 0.15) is 4.90 Å². The molecule has 0 bridgehead atoms. The van der Waals surface area contributed by atoms with Gasteiger partial charge in [0.25, 0.3) is 10.0 Å². The van der Waals surface area contributed by atoms with E-state index in [9.17, 15) is 8.42 Å². The fourth-order valence-corrected chi connectivity index (χ4v) is 3.11. The number of nitrogens with one attached hydrogen (secondary N) is 2. The van der Waals surface area contributed by atoms with Gasteiger partial charge in [0.2, 0.25) is 5.95 Å². The Balaban J connectivity index is 2.30. The van der Waals surface area contributed by atoms with Gasteiger partial charge >= 0.3 is 0 Å². The zero-order chi connectivity index (χ0) is 14.8. The number of hydrogen-bond donors (Lipinski definition) is 2. The van der Waals surface area contributed by atoms with Crippen LogP contribution in [0.1, 0.15) is 0 Å². The van der Waals surface area contributed by atoms with Crippen molar-refractivity contribution < 1.29 is 8.42 Å². The van der Waals surface area contributed by atoms with E-state index in [1.54, 1.807) is 25.2 Å². The Hall–Kier alpha value is -1.38. The van der Waals surface area contributed by atoms with Crippen molar-refractivity contribution in [1.29, 1.82) is 0 Å². The molecule has 1 heterocycles. The van der Waals surface area contributed by atoms with Crippen molar-refractivity contribution in [2.75, 3.05) is 17.1 Å². The minimum atomic E-state index is -3.78. The second kappa shape index (κ2) is 5.94. The molecule has 1 aromatic heterocycles. The molecule has 106 valence electrons. The third kappa shape index (κ3) is 3.38. The highest BCUT2D eigenvalue weighted by atomic mass is 79.9. The molecule has 0 aliphatic heterocycles. The van der Waals surface area contributed by atoms with Crippen LogP contribution in [0.5, 0.6) is 0 Å². The first-order valence-corrected chi connectivity index (χ1v) is 8.05. The van der Waals surface area contributed by atoms with Crippen molar-refractivity contribution in [2.24, 2.45) is 0 Å². The van der Waals surface area contributed by atoms with E-state index in [4.69, 9.17) is 11.6 Å². The predicted octanol–water partition coefficient (Wildman–Crippen LogP) is 2.74. The van der Waals surface area contributed by atoms with Crippen molar-refractivity contribution in [2.45, 2.75) is 4.90 Å². The molecule has 0 saturated heterocycles. The minimum absolute atomic E-state index is 0.0458. The van der Waals surface area contributed by atoms with Crippen LogP contribution < -0.4 is 10.0 Å². The molecule has 2 aromatic rings. The molecule has 0 radical (unpaired) electrons. The van der Waals surface area contributed by atoms with E-state index in [2.05, 4.69) is 35.9 Å². The lowest BCUT2D eigenvalue weighted by Gasteiger charge is -2.09. The molecule has 0 saturated carbocycles. The second-order valence-corrected chi connectivity index (χ2v) is 6.73. The number of aromatic nitrogens is 2. The van der Waals surface area contributed by atoms with Gasteiger partial charge in [-0.25, -0.2) is 18.4 Å². The van der Waals surface area contributed by atoms with Gasteiger partial charge in [-0.1, -0.05) is 27.5 Å². The van der Waals surface area contributed by atoms with E-state index in [-0.39, 0.29) is 15.6 Å². The molecular formula is C11H10BrClN4O2S. The molecule has 20 heavy (non-hydrogen) atoms. The number of anilines is 2. The number of halogens is 2. The van der Waals surface area contributed by atoms with Crippen molar-refractivity contribution in [3.05, 3.63) is 40.1 Å². The number of rotatable bonds is 4. The van der Waals surface area contributed by atoms with Crippen LogP contribution in [0.2, 0.25) is 5.02 Å². The molecule has 0 fully saturated rings. The quantitative estimate of drug-likeness (QED) is 0.856. The minimum Gasteiger partial charge on any atom is -0.357 e. The zero-order valence-electron chi connectivity index (χ0n) is 10.3. The van der Waals surface area contributed by atoms with Gasteiger partial charge in [-0.05, 0) is 18.2 Å². The van der Waals surface area contributed by atoms with Gasteiger partial charge in [0, 0.05) is 11.5 Å². The summed E-state index contributed by atoms with van der Waals surface area (Å²) in [4.78, 5) is 7.67. The lowest BCUT2D eigenvalue weighted by atomic mass is 10.3. The lowest BCUT2D eigenvalue weighted by molar-refractivity contribution is 0.600. The topological polar surface area (TPSA) is 84.0 Å². The highest BCUT2D eigenvalue weighted by Gasteiger charge is 2.17. The second-order valence-electron chi connectivity index (χ2n) is 3.72. The number of hydrogen-bond acceptors (Lipinski definition) is 5. The van der Waals surface area contributed by atoms with E-state index in [1.807, 2.05) is 0 Å². The Labute approximate surface area is 129 Å². The number of sulfonamides is 1. The first-order chi connectivity index (χ1) is 9.42. The SMILES string of the molecule is CNc1ncc(S(=O)(=O)Nc2ccc(Br)cc2Cl)cn1. The van der Waals surface area contributed by atoms with Crippen LogP contribution in [-0.2, 0) is 10.0 Å². The fraction of sp³-hybridized carbons (Fsp3) is 0.0909. The molecule has 0 atom stereocenters. The average molecular weight is 378 g/mol. The maximum absolute atomic E-state index is 12.2. The molecule has 0 spiro atoms. The molecule has 9 heteroatoms. The fourth-order valence-electron chi connectivity index (χ4n) is 1.36. The summed E-state index contributed by atoms with van der Waals surface area (Å²) in [6.45, 7) is 0. The summed E-state index contributed by atoms with van der Waals surface area (Å²) in [6.07, 6.45) is 2.43. The summed E-state index contributed by atoms with van der Waals surface area (Å²) >= 11 is 9.22. The van der Waals surface area contributed by atoms with Gasteiger partial charge in [0.05, 0.1) is 23.1 Å². The molecule has 0 aliphatic carbocycles. The third-order valence-electron chi connectivity index (χ3n) is 2.34. The highest BCUT2D eigenvalue weighted by Crippen LogP contribution is 2.27. The average Bonchev–Trinajstić information content (AvgIpc) is 2.42. The molecule has 6 nitrogen and oxygen atoms in total. The van der Waals surface area contributed by atoms with E-state index < -0.39 is 10.0 Å². The molecule has 0 aliphatic rings. The van der Waals surface area contributed by atoms with E-state index in [1.165, 1.54) is 12.4 Å². The Morgan fingerprint density at radius 2 is 1.90 bits per heavy atom. The van der Waals surface area contributed by atoms with Crippen LogP contribution in [0, 0.1) is 0 Å². The van der Waals surface area contributed by atoms with Gasteiger partial charge in [-0.3, -0.25) is 4.72 Å². The zero-order valence-corrected chi connectivity index (χ0v) is 13.4. The van der Waals surface area contributed by atoms with Gasteiger partial charge < -0.3 is 5.32 Å². The van der Waals surface area contributed by atoms with Crippen molar-refractivity contribution >= 4 is 49.2 Å². The summed E-state index contributed by atoms with van der Waals surface area (Å²) in [5.74, 6) is 0.339. The van der Waals surface area contributed by atoms with Crippen LogP contribution in [0.4, 0.5) is 11.6 Å². The van der Waals surface area contributed by atoms with Crippen LogP contribution in [0.15, 0.2) is 40.0 Å². The standard InChI is InChI=1S/C11H10BrClN4O2S/c1-14-11-15-5-8(6-16-11)20(18,19)17-10-3-2-7(12)4-9(10)13/h2-6,17H,1H3,(H,14,15,16). The Morgan fingerprint density at radius 1 is 1.25 bits per heavy atom. The molecular weight excluding hydrogens is 368 g/mol. The lowest BCUT2D eigenvalue weighted by Crippen LogP contribution is -2.14. The van der Waals surface area contributed by atoms with Crippen molar-refractivity contribution in [1.82, 2.24) is 9.97 Å².